The summed E-state index contributed by atoms with van der Waals surface area (Å²) in [7, 11) is 0. The number of amides is 2. The van der Waals surface area contributed by atoms with Crippen LogP contribution in [0.25, 0.3) is 11.0 Å². The average Bonchev–Trinajstić information content (AvgIpc) is 2.95. The van der Waals surface area contributed by atoms with Crippen molar-refractivity contribution in [2.24, 2.45) is 5.41 Å². The lowest BCUT2D eigenvalue weighted by Gasteiger charge is -2.40. The maximum absolute atomic E-state index is 13.4. The minimum absolute atomic E-state index is 0.0455. The molecule has 2 heterocycles. The highest BCUT2D eigenvalue weighted by Gasteiger charge is 2.33. The molecule has 1 aromatic carbocycles. The van der Waals surface area contributed by atoms with Gasteiger partial charge in [0.2, 0.25) is 0 Å². The zero-order valence-corrected chi connectivity index (χ0v) is 14.8. The fourth-order valence-electron chi connectivity index (χ4n) is 3.49. The van der Waals surface area contributed by atoms with Crippen molar-refractivity contribution in [2.45, 2.75) is 39.7 Å². The first-order valence-corrected chi connectivity index (χ1v) is 8.79. The van der Waals surface area contributed by atoms with E-state index in [1.807, 2.05) is 6.92 Å². The number of halogens is 1. The molecule has 1 aliphatic rings. The van der Waals surface area contributed by atoms with Crippen LogP contribution in [0.4, 0.5) is 9.18 Å². The molecular weight excluding hydrogens is 323 g/mol. The first-order chi connectivity index (χ1) is 12.0. The number of hydrogen-bond donors (Lipinski definition) is 2. The molecule has 0 aliphatic carbocycles. The van der Waals surface area contributed by atoms with E-state index in [-0.39, 0.29) is 30.4 Å². The second-order valence-electron chi connectivity index (χ2n) is 6.95. The maximum Gasteiger partial charge on any atom is 0.317 e. The van der Waals surface area contributed by atoms with Crippen molar-refractivity contribution in [2.75, 3.05) is 19.7 Å². The Balaban J connectivity index is 1.61. The highest BCUT2D eigenvalue weighted by Crippen LogP contribution is 2.34. The van der Waals surface area contributed by atoms with E-state index in [0.29, 0.717) is 24.4 Å². The molecular formula is C19H25FN2O3. The number of benzene rings is 1. The third-order valence-corrected chi connectivity index (χ3v) is 5.59. The number of likely N-dealkylation sites (tertiary alicyclic amines) is 1. The van der Waals surface area contributed by atoms with E-state index < -0.39 is 0 Å². The zero-order chi connectivity index (χ0) is 18.0. The van der Waals surface area contributed by atoms with E-state index in [2.05, 4.69) is 12.2 Å². The Morgan fingerprint density at radius 2 is 2.12 bits per heavy atom. The number of aryl methyl sites for hydroxylation is 1. The molecule has 0 spiro atoms. The Bertz CT molecular complexity index is 757. The summed E-state index contributed by atoms with van der Waals surface area (Å²) in [6, 6.07) is 4.28. The predicted octanol–water partition coefficient (Wildman–Crippen LogP) is 3.57. The molecule has 2 N–H and O–H groups in total. The fourth-order valence-corrected chi connectivity index (χ4v) is 3.49. The summed E-state index contributed by atoms with van der Waals surface area (Å²) in [6.45, 7) is 5.68. The van der Waals surface area contributed by atoms with Gasteiger partial charge in [-0.1, -0.05) is 6.92 Å². The second kappa shape index (κ2) is 7.04. The van der Waals surface area contributed by atoms with E-state index in [1.165, 1.54) is 12.1 Å². The summed E-state index contributed by atoms with van der Waals surface area (Å²) in [5.74, 6) is 0.341. The van der Waals surface area contributed by atoms with Gasteiger partial charge in [-0.25, -0.2) is 9.18 Å². The Kier molecular flexibility index (Phi) is 4.99. The van der Waals surface area contributed by atoms with Gasteiger partial charge in [-0.2, -0.15) is 0 Å². The minimum atomic E-state index is -0.302. The molecule has 0 radical (unpaired) electrons. The molecule has 0 saturated carbocycles. The summed E-state index contributed by atoms with van der Waals surface area (Å²) in [6.07, 6.45) is 2.56. The molecule has 3 rings (SSSR count). The SMILES string of the molecule is CCC1(CO)CCN(C(=O)NCc2oc3ccc(F)cc3c2C)CC1. The molecule has 0 unspecified atom stereocenters. The molecule has 1 aliphatic heterocycles. The third-order valence-electron chi connectivity index (χ3n) is 5.59. The van der Waals surface area contributed by atoms with Crippen LogP contribution < -0.4 is 5.32 Å². The summed E-state index contributed by atoms with van der Waals surface area (Å²) in [5, 5.41) is 13.2. The highest BCUT2D eigenvalue weighted by molar-refractivity contribution is 5.82. The number of aliphatic hydroxyl groups excluding tert-OH is 1. The molecule has 0 bridgehead atoms. The maximum atomic E-state index is 13.4. The van der Waals surface area contributed by atoms with E-state index in [4.69, 9.17) is 4.42 Å². The van der Waals surface area contributed by atoms with Crippen LogP contribution in [0.1, 0.15) is 37.5 Å². The van der Waals surface area contributed by atoms with Gasteiger partial charge in [0.15, 0.2) is 0 Å². The Morgan fingerprint density at radius 1 is 1.40 bits per heavy atom. The van der Waals surface area contributed by atoms with Gasteiger partial charge in [0.1, 0.15) is 17.2 Å². The van der Waals surface area contributed by atoms with Gasteiger partial charge in [0, 0.05) is 30.6 Å². The van der Waals surface area contributed by atoms with Crippen LogP contribution in [-0.4, -0.2) is 35.7 Å². The Labute approximate surface area is 146 Å². The number of piperidine rings is 1. The summed E-state index contributed by atoms with van der Waals surface area (Å²) in [5.41, 5.74) is 1.42. The van der Waals surface area contributed by atoms with Crippen LogP contribution in [0.3, 0.4) is 0 Å². The molecule has 5 nitrogen and oxygen atoms in total. The predicted molar refractivity (Wildman–Crippen MR) is 93.8 cm³/mol. The number of rotatable bonds is 4. The van der Waals surface area contributed by atoms with Crippen molar-refractivity contribution in [3.05, 3.63) is 35.3 Å². The molecule has 1 fully saturated rings. The van der Waals surface area contributed by atoms with Crippen molar-refractivity contribution >= 4 is 17.0 Å². The van der Waals surface area contributed by atoms with Gasteiger partial charge < -0.3 is 19.7 Å². The van der Waals surface area contributed by atoms with E-state index in [1.54, 1.807) is 11.0 Å². The topological polar surface area (TPSA) is 65.7 Å². The largest absolute Gasteiger partial charge is 0.459 e. The van der Waals surface area contributed by atoms with Crippen molar-refractivity contribution in [1.82, 2.24) is 10.2 Å². The van der Waals surface area contributed by atoms with Crippen molar-refractivity contribution in [3.63, 3.8) is 0 Å². The van der Waals surface area contributed by atoms with Crippen molar-refractivity contribution in [3.8, 4) is 0 Å². The van der Waals surface area contributed by atoms with E-state index in [0.717, 1.165) is 30.2 Å². The van der Waals surface area contributed by atoms with Crippen molar-refractivity contribution < 1.29 is 18.7 Å². The summed E-state index contributed by atoms with van der Waals surface area (Å²) < 4.78 is 19.1. The van der Waals surface area contributed by atoms with Crippen LogP contribution in [0.15, 0.2) is 22.6 Å². The average molecular weight is 348 g/mol. The Morgan fingerprint density at radius 3 is 2.76 bits per heavy atom. The monoisotopic (exact) mass is 348 g/mol. The molecule has 2 amide bonds. The van der Waals surface area contributed by atoms with Gasteiger partial charge in [-0.15, -0.1) is 0 Å². The number of urea groups is 1. The molecule has 25 heavy (non-hydrogen) atoms. The number of nitrogens with one attached hydrogen (secondary N) is 1. The number of furan rings is 1. The zero-order valence-electron chi connectivity index (χ0n) is 14.8. The number of fused-ring (bicyclic) bond motifs is 1. The lowest BCUT2D eigenvalue weighted by Crippen LogP contribution is -2.48. The van der Waals surface area contributed by atoms with Gasteiger partial charge in [0.25, 0.3) is 0 Å². The first-order valence-electron chi connectivity index (χ1n) is 8.79. The second-order valence-corrected chi connectivity index (χ2v) is 6.95. The van der Waals surface area contributed by atoms with Crippen LogP contribution in [0, 0.1) is 18.2 Å². The molecule has 0 atom stereocenters. The minimum Gasteiger partial charge on any atom is -0.459 e. The lowest BCUT2D eigenvalue weighted by atomic mass is 9.77. The summed E-state index contributed by atoms with van der Waals surface area (Å²) >= 11 is 0. The normalized spacial score (nSPS) is 17.0. The van der Waals surface area contributed by atoms with Crippen LogP contribution in [-0.2, 0) is 6.54 Å². The Hall–Kier alpha value is -2.08. The number of carbonyl (C=O) groups is 1. The highest BCUT2D eigenvalue weighted by atomic mass is 19.1. The lowest BCUT2D eigenvalue weighted by molar-refractivity contribution is 0.0518. The van der Waals surface area contributed by atoms with Crippen LogP contribution in [0.2, 0.25) is 0 Å². The molecule has 136 valence electrons. The number of nitrogens with zero attached hydrogens (tertiary/aromatic N) is 1. The third kappa shape index (κ3) is 3.49. The first kappa shape index (κ1) is 17.7. The van der Waals surface area contributed by atoms with E-state index >= 15 is 0 Å². The van der Waals surface area contributed by atoms with Crippen LogP contribution >= 0.6 is 0 Å². The fraction of sp³-hybridized carbons (Fsp3) is 0.526. The van der Waals surface area contributed by atoms with Gasteiger partial charge in [0.05, 0.1) is 6.54 Å². The van der Waals surface area contributed by atoms with Crippen LogP contribution in [0.5, 0.6) is 0 Å². The quantitative estimate of drug-likeness (QED) is 0.888. The molecule has 6 heteroatoms. The number of aliphatic hydroxyl groups is 1. The molecule has 1 aromatic heterocycles. The van der Waals surface area contributed by atoms with Crippen molar-refractivity contribution in [1.29, 1.82) is 0 Å². The standard InChI is InChI=1S/C19H25FN2O3/c1-3-19(12-23)6-8-22(9-7-19)18(24)21-11-17-13(2)15-10-14(20)4-5-16(15)25-17/h4-5,10,23H,3,6-9,11-12H2,1-2H3,(H,21,24). The smallest absolute Gasteiger partial charge is 0.317 e. The molecule has 1 saturated heterocycles. The van der Waals surface area contributed by atoms with Gasteiger partial charge in [-0.3, -0.25) is 0 Å². The summed E-state index contributed by atoms with van der Waals surface area (Å²) in [4.78, 5) is 14.2. The van der Waals surface area contributed by atoms with Gasteiger partial charge >= 0.3 is 6.03 Å². The molecule has 2 aromatic rings. The number of carbonyl (C=O) groups excluding carboxylic acids is 1. The van der Waals surface area contributed by atoms with E-state index in [9.17, 15) is 14.3 Å². The number of hydrogen-bond acceptors (Lipinski definition) is 3. The van der Waals surface area contributed by atoms with Gasteiger partial charge in [-0.05, 0) is 49.8 Å².